The van der Waals surface area contributed by atoms with Crippen LogP contribution >= 0.6 is 0 Å². The van der Waals surface area contributed by atoms with Crippen molar-refractivity contribution in [3.05, 3.63) is 41.2 Å². The Morgan fingerprint density at radius 3 is 2.78 bits per heavy atom. The third-order valence-corrected chi connectivity index (χ3v) is 2.38. The molecule has 0 unspecified atom stereocenters. The maximum atomic E-state index is 11.7. The molecule has 1 aromatic carbocycles. The Balaban J connectivity index is 2.32. The summed E-state index contributed by atoms with van der Waals surface area (Å²) in [6, 6.07) is 4.85. The predicted octanol–water partition coefficient (Wildman–Crippen LogP) is 1.06. The number of hydrogen-bond donors (Lipinski definition) is 3. The highest BCUT2D eigenvalue weighted by molar-refractivity contribution is 6.07. The second kappa shape index (κ2) is 4.66. The van der Waals surface area contributed by atoms with Crippen LogP contribution in [0.3, 0.4) is 0 Å². The van der Waals surface area contributed by atoms with E-state index >= 15 is 0 Å². The molecule has 0 aliphatic carbocycles. The molecule has 0 saturated heterocycles. The number of aromatic carboxylic acids is 1. The second-order valence-corrected chi connectivity index (χ2v) is 3.61. The summed E-state index contributed by atoms with van der Waals surface area (Å²) in [6.45, 7) is 1.66. The molecular formula is C11H10N4O3. The van der Waals surface area contributed by atoms with Gasteiger partial charge in [-0.1, -0.05) is 12.1 Å². The van der Waals surface area contributed by atoms with Gasteiger partial charge in [0.1, 0.15) is 0 Å². The van der Waals surface area contributed by atoms with Crippen LogP contribution in [0.25, 0.3) is 0 Å². The van der Waals surface area contributed by atoms with Crippen LogP contribution < -0.4 is 5.32 Å². The second-order valence-electron chi connectivity index (χ2n) is 3.61. The summed E-state index contributed by atoms with van der Waals surface area (Å²) in [5, 5.41) is 21.0. The molecule has 18 heavy (non-hydrogen) atoms. The average Bonchev–Trinajstić information content (AvgIpc) is 2.81. The molecule has 0 radical (unpaired) electrons. The zero-order chi connectivity index (χ0) is 13.1. The SMILES string of the molecule is Cc1cccc(NC(=O)c2cn[nH]n2)c1C(=O)O. The smallest absolute Gasteiger partial charge is 0.338 e. The standard InChI is InChI=1S/C11H10N4O3/c1-6-3-2-4-7(9(6)11(17)18)13-10(16)8-5-12-15-14-8/h2-5H,1H3,(H,13,16)(H,17,18)(H,12,14,15). The van der Waals surface area contributed by atoms with Crippen LogP contribution in [0.4, 0.5) is 5.69 Å². The van der Waals surface area contributed by atoms with Gasteiger partial charge in [0.2, 0.25) is 0 Å². The lowest BCUT2D eigenvalue weighted by atomic mass is 10.1. The number of aryl methyl sites for hydroxylation is 1. The number of carbonyl (C=O) groups excluding carboxylic acids is 1. The van der Waals surface area contributed by atoms with Crippen molar-refractivity contribution in [1.29, 1.82) is 0 Å². The third-order valence-electron chi connectivity index (χ3n) is 2.38. The van der Waals surface area contributed by atoms with E-state index < -0.39 is 11.9 Å². The van der Waals surface area contributed by atoms with Crippen molar-refractivity contribution in [1.82, 2.24) is 15.4 Å². The molecule has 0 saturated carbocycles. The Morgan fingerprint density at radius 2 is 2.17 bits per heavy atom. The Labute approximate surface area is 102 Å². The van der Waals surface area contributed by atoms with Gasteiger partial charge in [-0.2, -0.15) is 15.4 Å². The van der Waals surface area contributed by atoms with Crippen molar-refractivity contribution in [2.45, 2.75) is 6.92 Å². The van der Waals surface area contributed by atoms with Crippen molar-refractivity contribution in [3.63, 3.8) is 0 Å². The lowest BCUT2D eigenvalue weighted by molar-refractivity contribution is 0.0697. The summed E-state index contributed by atoms with van der Waals surface area (Å²) in [4.78, 5) is 22.9. The Morgan fingerprint density at radius 1 is 1.39 bits per heavy atom. The molecule has 3 N–H and O–H groups in total. The molecule has 7 heteroatoms. The van der Waals surface area contributed by atoms with Crippen LogP contribution in [-0.4, -0.2) is 32.4 Å². The number of hydrogen-bond acceptors (Lipinski definition) is 4. The van der Waals surface area contributed by atoms with Crippen LogP contribution in [0.2, 0.25) is 0 Å². The van der Waals surface area contributed by atoms with Crippen LogP contribution in [0, 0.1) is 6.92 Å². The number of aromatic amines is 1. The summed E-state index contributed by atoms with van der Waals surface area (Å²) in [5.41, 5.74) is 0.957. The van der Waals surface area contributed by atoms with E-state index in [4.69, 9.17) is 5.11 Å². The van der Waals surface area contributed by atoms with Gasteiger partial charge >= 0.3 is 5.97 Å². The first-order valence-corrected chi connectivity index (χ1v) is 5.09. The van der Waals surface area contributed by atoms with Crippen molar-refractivity contribution in [2.24, 2.45) is 0 Å². The number of carboxylic acids is 1. The van der Waals surface area contributed by atoms with Gasteiger partial charge in [-0.3, -0.25) is 4.79 Å². The van der Waals surface area contributed by atoms with E-state index in [0.29, 0.717) is 5.56 Å². The molecule has 0 bridgehead atoms. The zero-order valence-electron chi connectivity index (χ0n) is 9.47. The maximum Gasteiger partial charge on any atom is 0.338 e. The van der Waals surface area contributed by atoms with Gasteiger partial charge < -0.3 is 10.4 Å². The van der Waals surface area contributed by atoms with Crippen molar-refractivity contribution in [3.8, 4) is 0 Å². The summed E-state index contributed by atoms with van der Waals surface area (Å²) < 4.78 is 0. The average molecular weight is 246 g/mol. The number of aromatic nitrogens is 3. The highest BCUT2D eigenvalue weighted by Crippen LogP contribution is 2.19. The highest BCUT2D eigenvalue weighted by Gasteiger charge is 2.16. The number of anilines is 1. The van der Waals surface area contributed by atoms with Gasteiger partial charge in [0.25, 0.3) is 5.91 Å². The van der Waals surface area contributed by atoms with E-state index in [1.54, 1.807) is 19.1 Å². The molecule has 1 amide bonds. The quantitative estimate of drug-likeness (QED) is 0.750. The number of nitrogens with one attached hydrogen (secondary N) is 2. The minimum Gasteiger partial charge on any atom is -0.478 e. The summed E-state index contributed by atoms with van der Waals surface area (Å²) in [5.74, 6) is -1.61. The lowest BCUT2D eigenvalue weighted by Crippen LogP contribution is -2.16. The molecule has 1 heterocycles. The third kappa shape index (κ3) is 2.19. The molecule has 0 aliphatic heterocycles. The van der Waals surface area contributed by atoms with Gasteiger partial charge in [-0.25, -0.2) is 4.79 Å². The number of carbonyl (C=O) groups is 2. The lowest BCUT2D eigenvalue weighted by Gasteiger charge is -2.09. The van der Waals surface area contributed by atoms with Crippen molar-refractivity contribution < 1.29 is 14.7 Å². The summed E-state index contributed by atoms with van der Waals surface area (Å²) in [6.07, 6.45) is 1.26. The van der Waals surface area contributed by atoms with Gasteiger partial charge in [0.05, 0.1) is 17.4 Å². The molecule has 7 nitrogen and oxygen atoms in total. The highest BCUT2D eigenvalue weighted by atomic mass is 16.4. The van der Waals surface area contributed by atoms with Gasteiger partial charge in [0, 0.05) is 0 Å². The zero-order valence-corrected chi connectivity index (χ0v) is 9.47. The van der Waals surface area contributed by atoms with Crippen molar-refractivity contribution in [2.75, 3.05) is 5.32 Å². The Hall–Kier alpha value is -2.70. The largest absolute Gasteiger partial charge is 0.478 e. The number of carboxylic acid groups (broad SMARTS) is 1. The molecule has 0 aliphatic rings. The fourth-order valence-corrected chi connectivity index (χ4v) is 1.55. The van der Waals surface area contributed by atoms with Gasteiger partial charge in [-0.15, -0.1) is 0 Å². The van der Waals surface area contributed by atoms with E-state index in [9.17, 15) is 9.59 Å². The van der Waals surface area contributed by atoms with E-state index in [1.807, 2.05) is 0 Å². The maximum absolute atomic E-state index is 11.7. The topological polar surface area (TPSA) is 108 Å². The van der Waals surface area contributed by atoms with E-state index in [1.165, 1.54) is 12.3 Å². The first-order valence-electron chi connectivity index (χ1n) is 5.09. The Bertz CT molecular complexity index is 592. The minimum atomic E-state index is -1.09. The van der Waals surface area contributed by atoms with Crippen LogP contribution in [0.15, 0.2) is 24.4 Å². The monoisotopic (exact) mass is 246 g/mol. The first-order chi connectivity index (χ1) is 8.59. The van der Waals surface area contributed by atoms with Gasteiger partial charge in [-0.05, 0) is 18.6 Å². The van der Waals surface area contributed by atoms with E-state index in [2.05, 4.69) is 20.7 Å². The molecular weight excluding hydrogens is 236 g/mol. The number of rotatable bonds is 3. The number of benzene rings is 1. The fraction of sp³-hybridized carbons (Fsp3) is 0.0909. The molecule has 92 valence electrons. The Kier molecular flexibility index (Phi) is 3.05. The molecule has 0 spiro atoms. The minimum absolute atomic E-state index is 0.0642. The molecule has 2 aromatic rings. The van der Waals surface area contributed by atoms with Crippen LogP contribution in [0.1, 0.15) is 26.4 Å². The number of amides is 1. The predicted molar refractivity (Wildman–Crippen MR) is 62.5 cm³/mol. The van der Waals surface area contributed by atoms with Crippen LogP contribution in [0.5, 0.6) is 0 Å². The first kappa shape index (κ1) is 11.8. The molecule has 0 fully saturated rings. The fourth-order valence-electron chi connectivity index (χ4n) is 1.55. The van der Waals surface area contributed by atoms with E-state index in [0.717, 1.165) is 0 Å². The van der Waals surface area contributed by atoms with Crippen LogP contribution in [-0.2, 0) is 0 Å². The summed E-state index contributed by atoms with van der Waals surface area (Å²) in [7, 11) is 0. The number of H-pyrrole nitrogens is 1. The van der Waals surface area contributed by atoms with Gasteiger partial charge in [0.15, 0.2) is 5.69 Å². The van der Waals surface area contributed by atoms with Crippen molar-refractivity contribution >= 4 is 17.6 Å². The van der Waals surface area contributed by atoms with E-state index in [-0.39, 0.29) is 16.9 Å². The summed E-state index contributed by atoms with van der Waals surface area (Å²) >= 11 is 0. The molecule has 0 atom stereocenters. The number of nitrogens with zero attached hydrogens (tertiary/aromatic N) is 2. The molecule has 1 aromatic heterocycles. The normalized spacial score (nSPS) is 10.1. The molecule has 2 rings (SSSR count).